The van der Waals surface area contributed by atoms with Crippen LogP contribution in [0.5, 0.6) is 5.75 Å². The van der Waals surface area contributed by atoms with Crippen molar-refractivity contribution in [3.05, 3.63) is 46.8 Å². The molecule has 0 aliphatic rings. The summed E-state index contributed by atoms with van der Waals surface area (Å²) >= 11 is 0. The number of pyridine rings is 1. The third-order valence-corrected chi connectivity index (χ3v) is 4.84. The van der Waals surface area contributed by atoms with Gasteiger partial charge in [0.1, 0.15) is 18.5 Å². The van der Waals surface area contributed by atoms with Gasteiger partial charge in [0, 0.05) is 17.5 Å². The van der Waals surface area contributed by atoms with Gasteiger partial charge in [-0.15, -0.1) is 0 Å². The molecule has 0 amide bonds. The Balaban J connectivity index is 1.86. The Morgan fingerprint density at radius 3 is 2.40 bits per heavy atom. The molecule has 30 heavy (non-hydrogen) atoms. The molecule has 0 radical (unpaired) electrons. The normalized spacial score (nSPS) is 12.4. The maximum atomic E-state index is 9.52. The number of hydrogen-bond donors (Lipinski definition) is 2. The average molecular weight is 412 g/mol. The molecule has 7 nitrogen and oxygen atoms in total. The van der Waals surface area contributed by atoms with Crippen molar-refractivity contribution < 1.29 is 19.5 Å². The smallest absolute Gasteiger partial charge is 0.259 e. The first-order valence-electron chi connectivity index (χ1n) is 10.1. The van der Waals surface area contributed by atoms with Crippen LogP contribution in [0.2, 0.25) is 0 Å². The van der Waals surface area contributed by atoms with E-state index in [0.29, 0.717) is 23.4 Å². The molecule has 1 atom stereocenters. The molecule has 0 saturated heterocycles. The summed E-state index contributed by atoms with van der Waals surface area (Å²) in [5.41, 5.74) is 5.59. The van der Waals surface area contributed by atoms with Crippen LogP contribution in [0.4, 0.5) is 0 Å². The van der Waals surface area contributed by atoms with Crippen molar-refractivity contribution >= 4 is 0 Å². The van der Waals surface area contributed by atoms with Crippen molar-refractivity contribution in [2.45, 2.75) is 47.1 Å². The molecule has 1 unspecified atom stereocenters. The molecular formula is C23H29N3O4. The Morgan fingerprint density at radius 2 is 1.77 bits per heavy atom. The number of rotatable bonds is 8. The standard InChI is InChI=1S/C23H29N3O4/c1-13(2)6-17-9-19(10-24-16(17)5)23-25-22(26-30-23)18-7-14(3)21(15(4)8-18)29-12-20(28)11-27/h7-10,13,20,27-28H,6,11-12H2,1-5H3. The van der Waals surface area contributed by atoms with Gasteiger partial charge in [-0.2, -0.15) is 4.98 Å². The molecule has 160 valence electrons. The van der Waals surface area contributed by atoms with E-state index >= 15 is 0 Å². The molecule has 2 N–H and O–H groups in total. The van der Waals surface area contributed by atoms with Crippen LogP contribution in [0.15, 0.2) is 28.9 Å². The topological polar surface area (TPSA) is 102 Å². The van der Waals surface area contributed by atoms with Gasteiger partial charge in [0.15, 0.2) is 0 Å². The van der Waals surface area contributed by atoms with Crippen LogP contribution in [0, 0.1) is 26.7 Å². The van der Waals surface area contributed by atoms with Gasteiger partial charge in [-0.3, -0.25) is 4.98 Å². The third-order valence-electron chi connectivity index (χ3n) is 4.84. The fourth-order valence-electron chi connectivity index (χ4n) is 3.34. The maximum absolute atomic E-state index is 9.52. The first kappa shape index (κ1) is 21.9. The molecule has 3 aromatic rings. The lowest BCUT2D eigenvalue weighted by Gasteiger charge is -2.15. The molecule has 0 aliphatic carbocycles. The Hall–Kier alpha value is -2.77. The first-order chi connectivity index (χ1) is 14.3. The highest BCUT2D eigenvalue weighted by Crippen LogP contribution is 2.30. The lowest BCUT2D eigenvalue weighted by atomic mass is 10.0. The second-order valence-electron chi connectivity index (χ2n) is 8.08. The van der Waals surface area contributed by atoms with Gasteiger partial charge < -0.3 is 19.5 Å². The zero-order valence-corrected chi connectivity index (χ0v) is 18.1. The molecule has 2 heterocycles. The molecule has 2 aromatic heterocycles. The second-order valence-corrected chi connectivity index (χ2v) is 8.08. The molecule has 0 aliphatic heterocycles. The highest BCUT2D eigenvalue weighted by molar-refractivity contribution is 5.63. The summed E-state index contributed by atoms with van der Waals surface area (Å²) in [6, 6.07) is 5.90. The van der Waals surface area contributed by atoms with Gasteiger partial charge in [0.25, 0.3) is 5.89 Å². The second kappa shape index (κ2) is 9.36. The van der Waals surface area contributed by atoms with Gasteiger partial charge in [-0.05, 0) is 68.0 Å². The molecule has 0 fully saturated rings. The largest absolute Gasteiger partial charge is 0.490 e. The van der Waals surface area contributed by atoms with Crippen molar-refractivity contribution in [1.82, 2.24) is 15.1 Å². The first-order valence-corrected chi connectivity index (χ1v) is 10.1. The van der Waals surface area contributed by atoms with E-state index < -0.39 is 6.10 Å². The minimum Gasteiger partial charge on any atom is -0.490 e. The number of aromatic nitrogens is 3. The zero-order valence-electron chi connectivity index (χ0n) is 18.1. The Morgan fingerprint density at radius 1 is 1.07 bits per heavy atom. The van der Waals surface area contributed by atoms with E-state index in [1.807, 2.05) is 32.9 Å². The average Bonchev–Trinajstić information content (AvgIpc) is 3.18. The van der Waals surface area contributed by atoms with E-state index in [1.165, 1.54) is 5.56 Å². The van der Waals surface area contributed by atoms with Gasteiger partial charge in [-0.1, -0.05) is 19.0 Å². The number of aliphatic hydroxyl groups is 2. The Bertz CT molecular complexity index is 990. The van der Waals surface area contributed by atoms with Crippen molar-refractivity contribution in [2.24, 2.45) is 5.92 Å². The van der Waals surface area contributed by atoms with Crippen LogP contribution in [-0.2, 0) is 6.42 Å². The van der Waals surface area contributed by atoms with Crippen LogP contribution in [0.3, 0.4) is 0 Å². The molecule has 3 rings (SSSR count). The van der Waals surface area contributed by atoms with Gasteiger partial charge in [0.2, 0.25) is 5.82 Å². The predicted molar refractivity (Wildman–Crippen MR) is 114 cm³/mol. The molecule has 7 heteroatoms. The van der Waals surface area contributed by atoms with E-state index in [2.05, 4.69) is 35.0 Å². The number of hydrogen-bond acceptors (Lipinski definition) is 7. The lowest BCUT2D eigenvalue weighted by molar-refractivity contribution is 0.0532. The summed E-state index contributed by atoms with van der Waals surface area (Å²) in [6.07, 6.45) is 1.79. The number of nitrogens with zero attached hydrogens (tertiary/aromatic N) is 3. The van der Waals surface area contributed by atoms with E-state index in [4.69, 9.17) is 14.4 Å². The highest BCUT2D eigenvalue weighted by atomic mass is 16.5. The number of aryl methyl sites for hydroxylation is 3. The van der Waals surface area contributed by atoms with Crippen LogP contribution in [0.25, 0.3) is 22.8 Å². The van der Waals surface area contributed by atoms with Crippen LogP contribution in [0.1, 0.15) is 36.2 Å². The highest BCUT2D eigenvalue weighted by Gasteiger charge is 2.16. The molecule has 0 spiro atoms. The fourth-order valence-corrected chi connectivity index (χ4v) is 3.34. The number of benzene rings is 1. The van der Waals surface area contributed by atoms with E-state index in [-0.39, 0.29) is 13.2 Å². The van der Waals surface area contributed by atoms with E-state index in [9.17, 15) is 5.11 Å². The Labute approximate surface area is 176 Å². The SMILES string of the molecule is Cc1cc(-c2noc(-c3cnc(C)c(CC(C)C)c3)n2)cc(C)c1OCC(O)CO. The minimum absolute atomic E-state index is 0.0308. The summed E-state index contributed by atoms with van der Waals surface area (Å²) in [7, 11) is 0. The summed E-state index contributed by atoms with van der Waals surface area (Å²) < 4.78 is 11.2. The summed E-state index contributed by atoms with van der Waals surface area (Å²) in [4.78, 5) is 9.06. The Kier molecular flexibility index (Phi) is 6.84. The number of ether oxygens (including phenoxy) is 1. The van der Waals surface area contributed by atoms with Crippen LogP contribution >= 0.6 is 0 Å². The molecule has 0 bridgehead atoms. The van der Waals surface area contributed by atoms with E-state index in [0.717, 1.165) is 34.4 Å². The van der Waals surface area contributed by atoms with Gasteiger partial charge in [-0.25, -0.2) is 0 Å². The van der Waals surface area contributed by atoms with Gasteiger partial charge >= 0.3 is 0 Å². The summed E-state index contributed by atoms with van der Waals surface area (Å²) in [6.45, 7) is 9.90. The van der Waals surface area contributed by atoms with Gasteiger partial charge in [0.05, 0.1) is 12.2 Å². The van der Waals surface area contributed by atoms with Crippen LogP contribution < -0.4 is 4.74 Å². The molecule has 0 saturated carbocycles. The molecular weight excluding hydrogens is 382 g/mol. The zero-order chi connectivity index (χ0) is 21.8. The van der Waals surface area contributed by atoms with Crippen molar-refractivity contribution in [3.8, 4) is 28.6 Å². The van der Waals surface area contributed by atoms with E-state index in [1.54, 1.807) is 6.20 Å². The summed E-state index contributed by atoms with van der Waals surface area (Å²) in [5.74, 6) is 2.13. The molecule has 1 aromatic carbocycles. The summed E-state index contributed by atoms with van der Waals surface area (Å²) in [5, 5.41) is 22.6. The maximum Gasteiger partial charge on any atom is 0.259 e. The third kappa shape index (κ3) is 5.04. The minimum atomic E-state index is -0.910. The fraction of sp³-hybridized carbons (Fsp3) is 0.435. The van der Waals surface area contributed by atoms with Crippen molar-refractivity contribution in [2.75, 3.05) is 13.2 Å². The monoisotopic (exact) mass is 411 g/mol. The predicted octanol–water partition coefficient (Wildman–Crippen LogP) is 3.65. The van der Waals surface area contributed by atoms with Crippen molar-refractivity contribution in [1.29, 1.82) is 0 Å². The lowest BCUT2D eigenvalue weighted by Crippen LogP contribution is -2.21. The van der Waals surface area contributed by atoms with Crippen molar-refractivity contribution in [3.63, 3.8) is 0 Å². The quantitative estimate of drug-likeness (QED) is 0.583. The number of aliphatic hydroxyl groups excluding tert-OH is 2. The van der Waals surface area contributed by atoms with Crippen LogP contribution in [-0.4, -0.2) is 44.7 Å².